The van der Waals surface area contributed by atoms with Crippen molar-refractivity contribution in [3.05, 3.63) is 35.6 Å². The van der Waals surface area contributed by atoms with Gasteiger partial charge < -0.3 is 4.74 Å². The number of halogens is 1. The third-order valence-electron chi connectivity index (χ3n) is 2.27. The molecule has 0 bridgehead atoms. The fraction of sp³-hybridized carbons (Fsp3) is 0.400. The van der Waals surface area contributed by atoms with Crippen molar-refractivity contribution >= 4 is 0 Å². The molecule has 0 radical (unpaired) electrons. The van der Waals surface area contributed by atoms with Crippen molar-refractivity contribution < 1.29 is 9.13 Å². The highest BCUT2D eigenvalue weighted by Gasteiger charge is 2.16. The summed E-state index contributed by atoms with van der Waals surface area (Å²) in [6.07, 6.45) is 1.06. The second-order valence-corrected chi connectivity index (χ2v) is 3.11. The first kappa shape index (κ1) is 7.74. The lowest BCUT2D eigenvalue weighted by Crippen LogP contribution is -1.96. The first-order valence-corrected chi connectivity index (χ1v) is 4.19. The molecule has 1 saturated heterocycles. The smallest absolute Gasteiger partial charge is 0.123 e. The van der Waals surface area contributed by atoms with Crippen LogP contribution in [0.25, 0.3) is 0 Å². The summed E-state index contributed by atoms with van der Waals surface area (Å²) in [6, 6.07) is 6.70. The van der Waals surface area contributed by atoms with Crippen molar-refractivity contribution in [2.24, 2.45) is 0 Å². The Hall–Kier alpha value is -0.890. The van der Waals surface area contributed by atoms with E-state index in [2.05, 4.69) is 0 Å². The largest absolute Gasteiger partial charge is 0.381 e. The van der Waals surface area contributed by atoms with Crippen molar-refractivity contribution in [1.82, 2.24) is 0 Å². The van der Waals surface area contributed by atoms with Crippen LogP contribution in [0.2, 0.25) is 0 Å². The topological polar surface area (TPSA) is 9.23 Å². The zero-order valence-corrected chi connectivity index (χ0v) is 6.79. The second kappa shape index (κ2) is 3.23. The van der Waals surface area contributed by atoms with Crippen LogP contribution in [0.3, 0.4) is 0 Å². The van der Waals surface area contributed by atoms with Gasteiger partial charge in [0.15, 0.2) is 0 Å². The molecule has 0 aromatic heterocycles. The number of hydrogen-bond acceptors (Lipinski definition) is 1. The molecule has 1 aromatic carbocycles. The van der Waals surface area contributed by atoms with Gasteiger partial charge in [0.25, 0.3) is 0 Å². The molecule has 2 rings (SSSR count). The van der Waals surface area contributed by atoms with Crippen molar-refractivity contribution in [2.45, 2.75) is 12.3 Å². The highest BCUT2D eigenvalue weighted by Crippen LogP contribution is 2.24. The average Bonchev–Trinajstić information content (AvgIpc) is 2.58. The molecule has 0 aliphatic carbocycles. The number of hydrogen-bond donors (Lipinski definition) is 0. The summed E-state index contributed by atoms with van der Waals surface area (Å²) in [5.41, 5.74) is 1.19. The molecule has 2 heteroatoms. The Kier molecular flexibility index (Phi) is 2.09. The van der Waals surface area contributed by atoms with Crippen molar-refractivity contribution in [3.63, 3.8) is 0 Å². The van der Waals surface area contributed by atoms with E-state index in [1.54, 1.807) is 0 Å². The van der Waals surface area contributed by atoms with E-state index < -0.39 is 0 Å². The van der Waals surface area contributed by atoms with Crippen molar-refractivity contribution in [2.75, 3.05) is 13.2 Å². The average molecular weight is 166 g/mol. The normalized spacial score (nSPS) is 22.9. The van der Waals surface area contributed by atoms with Crippen molar-refractivity contribution in [3.8, 4) is 0 Å². The van der Waals surface area contributed by atoms with Gasteiger partial charge in [-0.2, -0.15) is 0 Å². The lowest BCUT2D eigenvalue weighted by atomic mass is 9.99. The fourth-order valence-electron chi connectivity index (χ4n) is 1.53. The van der Waals surface area contributed by atoms with E-state index in [0.717, 1.165) is 19.6 Å². The van der Waals surface area contributed by atoms with Crippen LogP contribution in [-0.2, 0) is 4.74 Å². The second-order valence-electron chi connectivity index (χ2n) is 3.11. The van der Waals surface area contributed by atoms with Crippen LogP contribution in [0.15, 0.2) is 24.3 Å². The predicted octanol–water partition coefficient (Wildman–Crippen LogP) is 2.33. The number of rotatable bonds is 1. The summed E-state index contributed by atoms with van der Waals surface area (Å²) in [6.45, 7) is 1.62. The molecule has 1 atom stereocenters. The molecule has 1 fully saturated rings. The highest BCUT2D eigenvalue weighted by atomic mass is 19.1. The minimum Gasteiger partial charge on any atom is -0.381 e. The third-order valence-corrected chi connectivity index (χ3v) is 2.27. The van der Waals surface area contributed by atoms with Gasteiger partial charge in [0, 0.05) is 12.5 Å². The summed E-state index contributed by atoms with van der Waals surface area (Å²) in [4.78, 5) is 0. The van der Waals surface area contributed by atoms with E-state index >= 15 is 0 Å². The maximum Gasteiger partial charge on any atom is 0.123 e. The molecule has 12 heavy (non-hydrogen) atoms. The molecular formula is C10H11FO. The van der Waals surface area contributed by atoms with Crippen LogP contribution in [-0.4, -0.2) is 13.2 Å². The van der Waals surface area contributed by atoms with Gasteiger partial charge in [-0.05, 0) is 24.1 Å². The molecule has 1 nitrogen and oxygen atoms in total. The van der Waals surface area contributed by atoms with Crippen LogP contribution in [0.1, 0.15) is 17.9 Å². The Labute approximate surface area is 71.2 Å². The first-order valence-electron chi connectivity index (χ1n) is 4.19. The van der Waals surface area contributed by atoms with Crippen LogP contribution < -0.4 is 0 Å². The summed E-state index contributed by atoms with van der Waals surface area (Å²) in [5, 5.41) is 0. The molecule has 1 aliphatic heterocycles. The van der Waals surface area contributed by atoms with Gasteiger partial charge in [0.2, 0.25) is 0 Å². The Balaban J connectivity index is 2.17. The molecule has 0 N–H and O–H groups in total. The monoisotopic (exact) mass is 166 g/mol. The lowest BCUT2D eigenvalue weighted by molar-refractivity contribution is 0.194. The molecule has 0 amide bonds. The Morgan fingerprint density at radius 2 is 2.00 bits per heavy atom. The van der Waals surface area contributed by atoms with E-state index in [0.29, 0.717) is 5.92 Å². The SMILES string of the molecule is Fc1ccc([C@@H]2CCOC2)cc1. The molecule has 0 spiro atoms. The molecule has 1 aromatic rings. The van der Waals surface area contributed by atoms with Gasteiger partial charge in [-0.3, -0.25) is 0 Å². The van der Waals surface area contributed by atoms with E-state index in [9.17, 15) is 4.39 Å². The summed E-state index contributed by atoms with van der Waals surface area (Å²) >= 11 is 0. The molecule has 1 heterocycles. The van der Waals surface area contributed by atoms with Gasteiger partial charge in [0.05, 0.1) is 6.61 Å². The highest BCUT2D eigenvalue weighted by molar-refractivity contribution is 5.21. The van der Waals surface area contributed by atoms with Crippen molar-refractivity contribution in [1.29, 1.82) is 0 Å². The quantitative estimate of drug-likeness (QED) is 0.622. The first-order chi connectivity index (χ1) is 5.86. The Morgan fingerprint density at radius 3 is 2.58 bits per heavy atom. The van der Waals surface area contributed by atoms with Crippen LogP contribution in [0.5, 0.6) is 0 Å². The molecular weight excluding hydrogens is 155 g/mol. The van der Waals surface area contributed by atoms with E-state index in [-0.39, 0.29) is 5.82 Å². The lowest BCUT2D eigenvalue weighted by Gasteiger charge is -2.06. The summed E-state index contributed by atoms with van der Waals surface area (Å²) < 4.78 is 17.8. The standard InChI is InChI=1S/C10H11FO/c11-10-3-1-8(2-4-10)9-5-6-12-7-9/h1-4,9H,5-7H2/t9-/m1/s1. The zero-order valence-electron chi connectivity index (χ0n) is 6.79. The minimum absolute atomic E-state index is 0.169. The maximum atomic E-state index is 12.5. The molecule has 0 unspecified atom stereocenters. The van der Waals surface area contributed by atoms with Gasteiger partial charge >= 0.3 is 0 Å². The van der Waals surface area contributed by atoms with Gasteiger partial charge in [-0.25, -0.2) is 4.39 Å². The zero-order chi connectivity index (χ0) is 8.39. The van der Waals surface area contributed by atoms with Crippen LogP contribution in [0.4, 0.5) is 4.39 Å². The fourth-order valence-corrected chi connectivity index (χ4v) is 1.53. The van der Waals surface area contributed by atoms with E-state index in [4.69, 9.17) is 4.74 Å². The Morgan fingerprint density at radius 1 is 1.25 bits per heavy atom. The molecule has 0 saturated carbocycles. The molecule has 1 aliphatic rings. The van der Waals surface area contributed by atoms with Gasteiger partial charge in [-0.15, -0.1) is 0 Å². The van der Waals surface area contributed by atoms with Gasteiger partial charge in [0.1, 0.15) is 5.82 Å². The van der Waals surface area contributed by atoms with Gasteiger partial charge in [-0.1, -0.05) is 12.1 Å². The maximum absolute atomic E-state index is 12.5. The number of benzene rings is 1. The van der Waals surface area contributed by atoms with E-state index in [1.165, 1.54) is 17.7 Å². The summed E-state index contributed by atoms with van der Waals surface area (Å²) in [7, 11) is 0. The van der Waals surface area contributed by atoms with E-state index in [1.807, 2.05) is 12.1 Å². The van der Waals surface area contributed by atoms with Crippen LogP contribution >= 0.6 is 0 Å². The van der Waals surface area contributed by atoms with Crippen LogP contribution in [0, 0.1) is 5.82 Å². The molecule has 64 valence electrons. The Bertz CT molecular complexity index is 249. The predicted molar refractivity (Wildman–Crippen MR) is 44.6 cm³/mol. The minimum atomic E-state index is -0.169. The number of ether oxygens (including phenoxy) is 1. The summed E-state index contributed by atoms with van der Waals surface area (Å²) in [5.74, 6) is 0.309. The third kappa shape index (κ3) is 1.48.